The molecular weight excluding hydrogens is 302 g/mol. The lowest BCUT2D eigenvalue weighted by Crippen LogP contribution is -2.41. The molecule has 2 N–H and O–H groups in total. The Hall–Kier alpha value is -0.850. The number of hydrogen-bond donors (Lipinski definition) is 2. The Kier molecular flexibility index (Phi) is 16.4. The van der Waals surface area contributed by atoms with E-state index in [0.29, 0.717) is 0 Å². The van der Waals surface area contributed by atoms with Crippen molar-refractivity contribution in [1.29, 1.82) is 0 Å². The molecule has 0 rings (SSSR count). The van der Waals surface area contributed by atoms with E-state index in [2.05, 4.69) is 53.2 Å². The molecular formula is C18H41N5O. The molecule has 6 heteroatoms. The first-order chi connectivity index (χ1) is 11.7. The average molecular weight is 344 g/mol. The quantitative estimate of drug-likeness (QED) is 0.269. The maximum atomic E-state index is 5.09. The predicted octanol–water partition coefficient (Wildman–Crippen LogP) is 1.63. The largest absolute Gasteiger partial charge is 0.385 e. The summed E-state index contributed by atoms with van der Waals surface area (Å²) in [5.74, 6) is 0.936. The summed E-state index contributed by atoms with van der Waals surface area (Å²) in [7, 11) is 3.90. The molecule has 0 spiro atoms. The summed E-state index contributed by atoms with van der Waals surface area (Å²) in [6.07, 6.45) is 3.44. The molecule has 0 heterocycles. The van der Waals surface area contributed by atoms with Crippen LogP contribution in [0.5, 0.6) is 0 Å². The van der Waals surface area contributed by atoms with Crippen LogP contribution in [0.15, 0.2) is 4.99 Å². The van der Waals surface area contributed by atoms with Gasteiger partial charge in [0.2, 0.25) is 0 Å². The maximum absolute atomic E-state index is 5.09. The first kappa shape index (κ1) is 23.1. The lowest BCUT2D eigenvalue weighted by atomic mass is 10.3. The van der Waals surface area contributed by atoms with Gasteiger partial charge in [-0.15, -0.1) is 0 Å². The molecule has 6 nitrogen and oxygen atoms in total. The molecule has 0 saturated heterocycles. The topological polar surface area (TPSA) is 52.1 Å². The van der Waals surface area contributed by atoms with E-state index >= 15 is 0 Å². The van der Waals surface area contributed by atoms with Crippen LogP contribution in [0.3, 0.4) is 0 Å². The molecule has 0 unspecified atom stereocenters. The number of hydrogen-bond acceptors (Lipinski definition) is 4. The van der Waals surface area contributed by atoms with E-state index in [1.807, 2.05) is 0 Å². The number of unbranched alkanes of at least 4 members (excludes halogenated alkanes) is 1. The molecule has 0 aromatic carbocycles. The minimum Gasteiger partial charge on any atom is -0.385 e. The van der Waals surface area contributed by atoms with E-state index in [4.69, 9.17) is 4.74 Å². The highest BCUT2D eigenvalue weighted by molar-refractivity contribution is 5.79. The van der Waals surface area contributed by atoms with Crippen LogP contribution in [0.1, 0.15) is 40.0 Å². The normalized spacial score (nSPS) is 12.2. The Bertz CT molecular complexity index is 295. The molecule has 0 aromatic rings. The van der Waals surface area contributed by atoms with Crippen molar-refractivity contribution in [3.05, 3.63) is 0 Å². The summed E-state index contributed by atoms with van der Waals surface area (Å²) in [5, 5.41) is 6.74. The molecule has 0 fully saturated rings. The molecule has 0 saturated carbocycles. The lowest BCUT2D eigenvalue weighted by molar-refractivity contribution is 0.180. The van der Waals surface area contributed by atoms with E-state index in [1.54, 1.807) is 7.11 Å². The van der Waals surface area contributed by atoms with Crippen molar-refractivity contribution in [3.63, 3.8) is 0 Å². The molecule has 0 aliphatic rings. The molecule has 0 radical (unpaired) electrons. The number of rotatable bonds is 15. The molecule has 0 bridgehead atoms. The summed E-state index contributed by atoms with van der Waals surface area (Å²) in [6, 6.07) is 0. The maximum Gasteiger partial charge on any atom is 0.191 e. The van der Waals surface area contributed by atoms with Gasteiger partial charge in [-0.3, -0.25) is 4.99 Å². The van der Waals surface area contributed by atoms with Gasteiger partial charge in [0.15, 0.2) is 5.96 Å². The van der Waals surface area contributed by atoms with Gasteiger partial charge in [0.25, 0.3) is 0 Å². The van der Waals surface area contributed by atoms with Crippen molar-refractivity contribution in [2.24, 2.45) is 4.99 Å². The van der Waals surface area contributed by atoms with Crippen molar-refractivity contribution >= 4 is 5.96 Å². The van der Waals surface area contributed by atoms with Gasteiger partial charge in [-0.05, 0) is 52.9 Å². The molecule has 0 aromatic heterocycles. The first-order valence-electron chi connectivity index (χ1n) is 9.59. The average Bonchev–Trinajstić information content (AvgIpc) is 2.58. The Morgan fingerprint density at radius 3 is 2.33 bits per heavy atom. The van der Waals surface area contributed by atoms with E-state index in [0.717, 1.165) is 71.2 Å². The van der Waals surface area contributed by atoms with Crippen molar-refractivity contribution in [1.82, 2.24) is 20.4 Å². The Balaban J connectivity index is 3.89. The highest BCUT2D eigenvalue weighted by Crippen LogP contribution is 1.95. The number of guanidine groups is 1. The van der Waals surface area contributed by atoms with Crippen LogP contribution >= 0.6 is 0 Å². The summed E-state index contributed by atoms with van der Waals surface area (Å²) >= 11 is 0. The molecule has 0 aliphatic carbocycles. The van der Waals surface area contributed by atoms with Crippen LogP contribution in [0.4, 0.5) is 0 Å². The third-order valence-electron chi connectivity index (χ3n) is 4.07. The zero-order valence-corrected chi connectivity index (χ0v) is 16.7. The van der Waals surface area contributed by atoms with Crippen molar-refractivity contribution in [2.75, 3.05) is 73.1 Å². The number of aliphatic imine (C=N–C) groups is 1. The van der Waals surface area contributed by atoms with Gasteiger partial charge in [0, 0.05) is 46.4 Å². The van der Waals surface area contributed by atoms with E-state index in [-0.39, 0.29) is 0 Å². The number of likely N-dealkylation sites (N-methyl/N-ethyl adjacent to an activating group) is 1. The fraction of sp³-hybridized carbons (Fsp3) is 0.944. The fourth-order valence-corrected chi connectivity index (χ4v) is 2.48. The predicted molar refractivity (Wildman–Crippen MR) is 105 cm³/mol. The summed E-state index contributed by atoms with van der Waals surface area (Å²) in [5.41, 5.74) is 0. The first-order valence-corrected chi connectivity index (χ1v) is 9.59. The summed E-state index contributed by atoms with van der Waals surface area (Å²) in [6.45, 7) is 15.6. The molecule has 0 atom stereocenters. The molecule has 0 aliphatic heterocycles. The highest BCUT2D eigenvalue weighted by Gasteiger charge is 2.01. The van der Waals surface area contributed by atoms with Gasteiger partial charge in [-0.25, -0.2) is 0 Å². The van der Waals surface area contributed by atoms with Crippen molar-refractivity contribution in [3.8, 4) is 0 Å². The molecule has 0 amide bonds. The second-order valence-electron chi connectivity index (χ2n) is 6.07. The zero-order valence-electron chi connectivity index (χ0n) is 16.7. The van der Waals surface area contributed by atoms with Gasteiger partial charge >= 0.3 is 0 Å². The van der Waals surface area contributed by atoms with E-state index in [9.17, 15) is 0 Å². The fourth-order valence-electron chi connectivity index (χ4n) is 2.48. The number of nitrogens with one attached hydrogen (secondary N) is 2. The second-order valence-corrected chi connectivity index (χ2v) is 6.07. The number of methoxy groups -OCH3 is 1. The van der Waals surface area contributed by atoms with Crippen LogP contribution in [0, 0.1) is 0 Å². The Labute approximate surface area is 150 Å². The summed E-state index contributed by atoms with van der Waals surface area (Å²) < 4.78 is 5.09. The van der Waals surface area contributed by atoms with Crippen LogP contribution < -0.4 is 10.6 Å². The number of nitrogens with zero attached hydrogens (tertiary/aromatic N) is 3. The van der Waals surface area contributed by atoms with Crippen molar-refractivity contribution in [2.45, 2.75) is 40.0 Å². The van der Waals surface area contributed by atoms with Crippen LogP contribution in [0.25, 0.3) is 0 Å². The molecule has 144 valence electrons. The minimum absolute atomic E-state index is 0.829. The second kappa shape index (κ2) is 17.0. The van der Waals surface area contributed by atoms with Gasteiger partial charge in [-0.2, -0.15) is 0 Å². The summed E-state index contributed by atoms with van der Waals surface area (Å²) in [4.78, 5) is 9.46. The van der Waals surface area contributed by atoms with E-state index in [1.165, 1.54) is 13.0 Å². The highest BCUT2D eigenvalue weighted by atomic mass is 16.5. The smallest absolute Gasteiger partial charge is 0.191 e. The number of ether oxygens (including phenoxy) is 1. The Morgan fingerprint density at radius 2 is 1.71 bits per heavy atom. The minimum atomic E-state index is 0.829. The Morgan fingerprint density at radius 1 is 0.958 bits per heavy atom. The van der Waals surface area contributed by atoms with Gasteiger partial charge in [0.05, 0.1) is 0 Å². The SMILES string of the molecule is CCNC(=NCCCCN(CC)CC)NCCN(C)CCCOC. The molecule has 24 heavy (non-hydrogen) atoms. The van der Waals surface area contributed by atoms with Gasteiger partial charge < -0.3 is 25.2 Å². The van der Waals surface area contributed by atoms with Gasteiger partial charge in [0.1, 0.15) is 0 Å². The van der Waals surface area contributed by atoms with Crippen LogP contribution in [0.2, 0.25) is 0 Å². The van der Waals surface area contributed by atoms with Crippen LogP contribution in [-0.4, -0.2) is 88.9 Å². The monoisotopic (exact) mass is 343 g/mol. The van der Waals surface area contributed by atoms with E-state index < -0.39 is 0 Å². The standard InChI is InChI=1S/C18H41N5O/c1-6-19-18(20-12-9-10-15-23(7-2)8-3)21-13-16-22(4)14-11-17-24-5/h6-17H2,1-5H3,(H2,19,20,21). The third kappa shape index (κ3) is 13.6. The van der Waals surface area contributed by atoms with Crippen molar-refractivity contribution < 1.29 is 4.74 Å². The van der Waals surface area contributed by atoms with Gasteiger partial charge in [-0.1, -0.05) is 13.8 Å². The lowest BCUT2D eigenvalue weighted by Gasteiger charge is -2.18. The third-order valence-corrected chi connectivity index (χ3v) is 4.07. The zero-order chi connectivity index (χ0) is 18.0. The van der Waals surface area contributed by atoms with Crippen LogP contribution in [-0.2, 0) is 4.74 Å².